The van der Waals surface area contributed by atoms with Crippen LogP contribution in [0.1, 0.15) is 64.2 Å². The van der Waals surface area contributed by atoms with E-state index >= 15 is 0 Å². The van der Waals surface area contributed by atoms with Crippen LogP contribution in [0.3, 0.4) is 0 Å². The number of benzene rings is 1. The molecule has 1 aromatic rings. The van der Waals surface area contributed by atoms with E-state index in [-0.39, 0.29) is 5.54 Å². The molecule has 1 fully saturated rings. The molecule has 0 unspecified atom stereocenters. The average Bonchev–Trinajstić information content (AvgIpc) is 3.35. The number of allylic oxidation sites excluding steroid dienone is 2. The standard InChI is InChI=1S/C24H35N3/c1-9-20-10-11-21(17(4)14-20)15-26-19(6)22(16(2)3)18(5)23(25-8)27-24(7)12-13-24/h10-11,14,26-27H,6,8-9,12-13,15H2,1-5,7H3/b23-18-. The minimum absolute atomic E-state index is 0.164. The fourth-order valence-corrected chi connectivity index (χ4v) is 3.34. The van der Waals surface area contributed by atoms with Crippen LogP contribution in [-0.2, 0) is 13.0 Å². The molecule has 2 rings (SSSR count). The summed E-state index contributed by atoms with van der Waals surface area (Å²) in [6, 6.07) is 6.69. The molecular weight excluding hydrogens is 330 g/mol. The van der Waals surface area contributed by atoms with Crippen LogP contribution in [-0.4, -0.2) is 12.3 Å². The first-order valence-corrected chi connectivity index (χ1v) is 9.86. The molecule has 3 nitrogen and oxygen atoms in total. The first kappa shape index (κ1) is 21.0. The van der Waals surface area contributed by atoms with Crippen molar-refractivity contribution in [2.24, 2.45) is 4.99 Å². The molecule has 0 aromatic heterocycles. The van der Waals surface area contributed by atoms with Gasteiger partial charge in [-0.05, 0) is 77.3 Å². The molecule has 0 radical (unpaired) electrons. The molecule has 0 heterocycles. The molecule has 1 saturated carbocycles. The maximum atomic E-state index is 4.31. The topological polar surface area (TPSA) is 36.4 Å². The molecule has 2 N–H and O–H groups in total. The molecule has 1 aliphatic rings. The number of rotatable bonds is 9. The smallest absolute Gasteiger partial charge is 0.129 e. The van der Waals surface area contributed by atoms with Crippen molar-refractivity contribution in [1.82, 2.24) is 10.6 Å². The van der Waals surface area contributed by atoms with Crippen molar-refractivity contribution in [3.05, 3.63) is 69.7 Å². The number of hydrogen-bond acceptors (Lipinski definition) is 3. The summed E-state index contributed by atoms with van der Waals surface area (Å²) in [6.45, 7) is 21.8. The Kier molecular flexibility index (Phi) is 6.69. The summed E-state index contributed by atoms with van der Waals surface area (Å²) >= 11 is 0. The van der Waals surface area contributed by atoms with Crippen LogP contribution in [0.5, 0.6) is 0 Å². The predicted octanol–water partition coefficient (Wildman–Crippen LogP) is 5.57. The zero-order valence-corrected chi connectivity index (χ0v) is 17.9. The summed E-state index contributed by atoms with van der Waals surface area (Å²) in [5.74, 6) is 0.859. The highest BCUT2D eigenvalue weighted by Gasteiger charge is 2.38. The minimum atomic E-state index is 0.164. The third-order valence-electron chi connectivity index (χ3n) is 5.42. The van der Waals surface area contributed by atoms with Crippen LogP contribution >= 0.6 is 0 Å². The number of hydrogen-bond donors (Lipinski definition) is 2. The van der Waals surface area contributed by atoms with Gasteiger partial charge in [0.05, 0.1) is 0 Å². The van der Waals surface area contributed by atoms with E-state index in [1.54, 1.807) is 0 Å². The monoisotopic (exact) mass is 365 g/mol. The lowest BCUT2D eigenvalue weighted by Gasteiger charge is -2.21. The van der Waals surface area contributed by atoms with Gasteiger partial charge < -0.3 is 10.6 Å². The van der Waals surface area contributed by atoms with Gasteiger partial charge >= 0.3 is 0 Å². The van der Waals surface area contributed by atoms with E-state index in [2.05, 4.69) is 88.7 Å². The molecule has 3 heteroatoms. The molecule has 1 aliphatic carbocycles. The van der Waals surface area contributed by atoms with E-state index in [1.807, 2.05) is 0 Å². The first-order valence-electron chi connectivity index (χ1n) is 9.86. The number of nitrogens with one attached hydrogen (secondary N) is 2. The van der Waals surface area contributed by atoms with Crippen molar-refractivity contribution in [2.45, 2.75) is 72.9 Å². The Hall–Kier alpha value is -2.29. The summed E-state index contributed by atoms with van der Waals surface area (Å²) in [5.41, 5.74) is 8.51. The second kappa shape index (κ2) is 8.60. The van der Waals surface area contributed by atoms with E-state index in [1.165, 1.54) is 35.1 Å². The molecule has 146 valence electrons. The third kappa shape index (κ3) is 5.35. The number of aryl methyl sites for hydroxylation is 2. The second-order valence-electron chi connectivity index (χ2n) is 8.14. The molecule has 0 amide bonds. The average molecular weight is 366 g/mol. The van der Waals surface area contributed by atoms with Crippen molar-refractivity contribution in [3.63, 3.8) is 0 Å². The Morgan fingerprint density at radius 2 is 1.89 bits per heavy atom. The first-order chi connectivity index (χ1) is 12.7. The molecule has 0 atom stereocenters. The summed E-state index contributed by atoms with van der Waals surface area (Å²) in [7, 11) is 0. The van der Waals surface area contributed by atoms with Gasteiger partial charge in [-0.2, -0.15) is 0 Å². The van der Waals surface area contributed by atoms with E-state index in [0.717, 1.165) is 35.6 Å². The highest BCUT2D eigenvalue weighted by molar-refractivity contribution is 5.49. The Bertz CT molecular complexity index is 788. The van der Waals surface area contributed by atoms with E-state index < -0.39 is 0 Å². The molecule has 27 heavy (non-hydrogen) atoms. The van der Waals surface area contributed by atoms with Gasteiger partial charge in [0.1, 0.15) is 5.82 Å². The molecule has 0 aliphatic heterocycles. The van der Waals surface area contributed by atoms with Crippen molar-refractivity contribution in [3.8, 4) is 0 Å². The van der Waals surface area contributed by atoms with Crippen molar-refractivity contribution >= 4 is 6.72 Å². The number of aliphatic imine (C=N–C) groups is 1. The predicted molar refractivity (Wildman–Crippen MR) is 118 cm³/mol. The largest absolute Gasteiger partial charge is 0.381 e. The fourth-order valence-electron chi connectivity index (χ4n) is 3.34. The van der Waals surface area contributed by atoms with Crippen LogP contribution in [0.25, 0.3) is 0 Å². The van der Waals surface area contributed by atoms with E-state index in [4.69, 9.17) is 0 Å². The lowest BCUT2D eigenvalue weighted by molar-refractivity contribution is 0.601. The second-order valence-corrected chi connectivity index (χ2v) is 8.14. The summed E-state index contributed by atoms with van der Waals surface area (Å²) in [5, 5.41) is 7.07. The molecule has 0 saturated heterocycles. The van der Waals surface area contributed by atoms with E-state index in [0.29, 0.717) is 0 Å². The van der Waals surface area contributed by atoms with Gasteiger partial charge in [0.2, 0.25) is 0 Å². The fraction of sp³-hybridized carbons (Fsp3) is 0.458. The van der Waals surface area contributed by atoms with Gasteiger partial charge in [-0.15, -0.1) is 0 Å². The quantitative estimate of drug-likeness (QED) is 0.443. The molecular formula is C24H35N3. The number of nitrogens with zero attached hydrogens (tertiary/aromatic N) is 1. The van der Waals surface area contributed by atoms with Gasteiger partial charge in [0.25, 0.3) is 0 Å². The minimum Gasteiger partial charge on any atom is -0.381 e. The molecule has 1 aromatic carbocycles. The van der Waals surface area contributed by atoms with Gasteiger partial charge in [0.15, 0.2) is 0 Å². The molecule has 0 bridgehead atoms. The summed E-state index contributed by atoms with van der Waals surface area (Å²) < 4.78 is 0. The van der Waals surface area contributed by atoms with Crippen LogP contribution in [0.2, 0.25) is 0 Å². The Labute approximate surface area is 165 Å². The van der Waals surface area contributed by atoms with Crippen LogP contribution in [0.4, 0.5) is 0 Å². The third-order valence-corrected chi connectivity index (χ3v) is 5.42. The maximum Gasteiger partial charge on any atom is 0.129 e. The zero-order valence-electron chi connectivity index (χ0n) is 17.9. The van der Waals surface area contributed by atoms with E-state index in [9.17, 15) is 0 Å². The lowest BCUT2D eigenvalue weighted by Crippen LogP contribution is -2.28. The van der Waals surface area contributed by atoms with Gasteiger partial charge in [-0.25, -0.2) is 4.99 Å². The van der Waals surface area contributed by atoms with Crippen molar-refractivity contribution in [1.29, 1.82) is 0 Å². The highest BCUT2D eigenvalue weighted by Crippen LogP contribution is 2.36. The van der Waals surface area contributed by atoms with Crippen LogP contribution < -0.4 is 10.6 Å². The highest BCUT2D eigenvalue weighted by atomic mass is 15.1. The van der Waals surface area contributed by atoms with Crippen LogP contribution in [0, 0.1) is 6.92 Å². The zero-order chi connectivity index (χ0) is 20.2. The van der Waals surface area contributed by atoms with Gasteiger partial charge in [0, 0.05) is 28.9 Å². The van der Waals surface area contributed by atoms with Gasteiger partial charge in [-0.1, -0.05) is 37.3 Å². The molecule has 0 spiro atoms. The maximum absolute atomic E-state index is 4.31. The van der Waals surface area contributed by atoms with Crippen molar-refractivity contribution in [2.75, 3.05) is 0 Å². The Morgan fingerprint density at radius 1 is 1.22 bits per heavy atom. The summed E-state index contributed by atoms with van der Waals surface area (Å²) in [4.78, 5) is 4.27. The lowest BCUT2D eigenvalue weighted by atomic mass is 9.98. The van der Waals surface area contributed by atoms with Gasteiger partial charge in [-0.3, -0.25) is 0 Å². The Balaban J connectivity index is 2.18. The van der Waals surface area contributed by atoms with Crippen LogP contribution in [0.15, 0.2) is 58.0 Å². The Morgan fingerprint density at radius 3 is 2.37 bits per heavy atom. The summed E-state index contributed by atoms with van der Waals surface area (Å²) in [6.07, 6.45) is 3.42. The normalized spacial score (nSPS) is 15.5. The van der Waals surface area contributed by atoms with Crippen molar-refractivity contribution < 1.29 is 0 Å². The SMILES string of the molecule is C=N/C(NC1(C)CC1)=C(\C)C(C(=C)NCc1ccc(CC)cc1C)=C(C)C.